The molecule has 0 N–H and O–H groups in total. The van der Waals surface area contributed by atoms with Gasteiger partial charge in [-0.2, -0.15) is 0 Å². The zero-order chi connectivity index (χ0) is 9.68. The van der Waals surface area contributed by atoms with Crippen molar-refractivity contribution < 1.29 is 9.53 Å². The third kappa shape index (κ3) is 2.71. The van der Waals surface area contributed by atoms with Gasteiger partial charge in [0, 0.05) is 6.92 Å². The summed E-state index contributed by atoms with van der Waals surface area (Å²) in [7, 11) is 0. The van der Waals surface area contributed by atoms with Crippen molar-refractivity contribution in [1.29, 1.82) is 0 Å². The van der Waals surface area contributed by atoms with Crippen LogP contribution in [-0.2, 0) is 9.53 Å². The van der Waals surface area contributed by atoms with E-state index in [-0.39, 0.29) is 0 Å². The zero-order valence-corrected chi connectivity index (χ0v) is 7.65. The van der Waals surface area contributed by atoms with E-state index >= 15 is 0 Å². The molecule has 0 fully saturated rings. The highest BCUT2D eigenvalue weighted by Crippen LogP contribution is 2.17. The molecule has 0 aliphatic carbocycles. The van der Waals surface area contributed by atoms with Gasteiger partial charge in [-0.1, -0.05) is 18.2 Å². The first kappa shape index (κ1) is 9.45. The van der Waals surface area contributed by atoms with Gasteiger partial charge in [0.15, 0.2) is 5.90 Å². The zero-order valence-electron chi connectivity index (χ0n) is 7.65. The molecular formula is C10H11NO2. The molecule has 0 aromatic heterocycles. The molecule has 0 heterocycles. The van der Waals surface area contributed by atoms with E-state index in [1.54, 1.807) is 6.92 Å². The van der Waals surface area contributed by atoms with Crippen LogP contribution in [0.25, 0.3) is 0 Å². The SMILES string of the molecule is CC(=Nc1ccccc1C)OC=O. The smallest absolute Gasteiger partial charge is 0.299 e. The molecule has 1 rings (SSSR count). The summed E-state index contributed by atoms with van der Waals surface area (Å²) in [6.07, 6.45) is 0. The highest BCUT2D eigenvalue weighted by atomic mass is 16.5. The minimum atomic E-state index is 0.351. The topological polar surface area (TPSA) is 38.7 Å². The molecule has 0 saturated heterocycles. The van der Waals surface area contributed by atoms with E-state index in [0.717, 1.165) is 11.3 Å². The van der Waals surface area contributed by atoms with E-state index in [4.69, 9.17) is 0 Å². The summed E-state index contributed by atoms with van der Waals surface area (Å²) in [5, 5.41) is 0. The summed E-state index contributed by atoms with van der Waals surface area (Å²) >= 11 is 0. The number of ether oxygens (including phenoxy) is 1. The Kier molecular flexibility index (Phi) is 3.20. The van der Waals surface area contributed by atoms with E-state index in [1.807, 2.05) is 31.2 Å². The Balaban J connectivity index is 2.90. The molecule has 0 spiro atoms. The van der Waals surface area contributed by atoms with Crippen molar-refractivity contribution in [2.75, 3.05) is 0 Å². The average molecular weight is 177 g/mol. The predicted molar refractivity (Wildman–Crippen MR) is 51.1 cm³/mol. The lowest BCUT2D eigenvalue weighted by Crippen LogP contribution is -1.95. The lowest BCUT2D eigenvalue weighted by atomic mass is 10.2. The Bertz CT molecular complexity index is 331. The number of hydrogen-bond donors (Lipinski definition) is 0. The van der Waals surface area contributed by atoms with Gasteiger partial charge in [0.2, 0.25) is 0 Å². The van der Waals surface area contributed by atoms with Gasteiger partial charge in [-0.15, -0.1) is 0 Å². The van der Waals surface area contributed by atoms with E-state index in [2.05, 4.69) is 9.73 Å². The summed E-state index contributed by atoms with van der Waals surface area (Å²) in [5.41, 5.74) is 1.87. The number of hydrogen-bond acceptors (Lipinski definition) is 3. The van der Waals surface area contributed by atoms with Crippen LogP contribution in [-0.4, -0.2) is 12.4 Å². The first-order valence-electron chi connectivity index (χ1n) is 3.95. The van der Waals surface area contributed by atoms with Gasteiger partial charge in [0.05, 0.1) is 5.69 Å². The number of aliphatic imine (C=N–C) groups is 1. The lowest BCUT2D eigenvalue weighted by Gasteiger charge is -1.99. The van der Waals surface area contributed by atoms with Gasteiger partial charge in [0.1, 0.15) is 0 Å². The molecule has 68 valence electrons. The second-order valence-corrected chi connectivity index (χ2v) is 2.63. The van der Waals surface area contributed by atoms with Gasteiger partial charge >= 0.3 is 0 Å². The number of para-hydroxylation sites is 1. The first-order chi connectivity index (χ1) is 6.24. The largest absolute Gasteiger partial charge is 0.414 e. The van der Waals surface area contributed by atoms with Crippen LogP contribution in [0.1, 0.15) is 12.5 Å². The number of aryl methyl sites for hydroxylation is 1. The van der Waals surface area contributed by atoms with Crippen molar-refractivity contribution in [3.8, 4) is 0 Å². The van der Waals surface area contributed by atoms with Crippen LogP contribution in [0.2, 0.25) is 0 Å². The van der Waals surface area contributed by atoms with Crippen molar-refractivity contribution in [2.24, 2.45) is 4.99 Å². The summed E-state index contributed by atoms with van der Waals surface area (Å²) in [4.78, 5) is 14.1. The minimum absolute atomic E-state index is 0.351. The molecule has 0 amide bonds. The van der Waals surface area contributed by atoms with Crippen LogP contribution < -0.4 is 0 Å². The van der Waals surface area contributed by atoms with Crippen LogP contribution in [0.3, 0.4) is 0 Å². The van der Waals surface area contributed by atoms with Crippen molar-refractivity contribution in [1.82, 2.24) is 0 Å². The van der Waals surface area contributed by atoms with Crippen LogP contribution in [0.5, 0.6) is 0 Å². The summed E-state index contributed by atoms with van der Waals surface area (Å²) in [5.74, 6) is 0.351. The van der Waals surface area contributed by atoms with Crippen molar-refractivity contribution in [2.45, 2.75) is 13.8 Å². The lowest BCUT2D eigenvalue weighted by molar-refractivity contribution is -0.121. The Morgan fingerprint density at radius 2 is 2.15 bits per heavy atom. The molecule has 0 unspecified atom stereocenters. The number of rotatable bonds is 2. The maximum Gasteiger partial charge on any atom is 0.299 e. The molecule has 0 atom stereocenters. The molecule has 0 saturated carbocycles. The van der Waals surface area contributed by atoms with Gasteiger partial charge < -0.3 is 4.74 Å². The molecule has 3 heteroatoms. The Hall–Kier alpha value is -1.64. The van der Waals surface area contributed by atoms with Crippen LogP contribution in [0, 0.1) is 6.92 Å². The summed E-state index contributed by atoms with van der Waals surface area (Å²) in [6.45, 7) is 3.96. The van der Waals surface area contributed by atoms with Crippen LogP contribution in [0.4, 0.5) is 5.69 Å². The quantitative estimate of drug-likeness (QED) is 0.394. The molecule has 13 heavy (non-hydrogen) atoms. The second kappa shape index (κ2) is 4.40. The molecule has 1 aromatic carbocycles. The van der Waals surface area contributed by atoms with Crippen LogP contribution in [0.15, 0.2) is 29.3 Å². The highest BCUT2D eigenvalue weighted by Gasteiger charge is 1.95. The van der Waals surface area contributed by atoms with E-state index in [9.17, 15) is 4.79 Å². The standard InChI is InChI=1S/C10H11NO2/c1-8-5-3-4-6-10(8)11-9(2)13-7-12/h3-7H,1-2H3. The molecule has 1 aromatic rings. The summed E-state index contributed by atoms with van der Waals surface area (Å²) < 4.78 is 4.57. The van der Waals surface area contributed by atoms with Crippen molar-refractivity contribution >= 4 is 18.1 Å². The van der Waals surface area contributed by atoms with Crippen LogP contribution >= 0.6 is 0 Å². The van der Waals surface area contributed by atoms with E-state index < -0.39 is 0 Å². The third-order valence-electron chi connectivity index (χ3n) is 1.61. The molecule has 0 bridgehead atoms. The fourth-order valence-corrected chi connectivity index (χ4v) is 0.954. The van der Waals surface area contributed by atoms with Crippen molar-refractivity contribution in [3.05, 3.63) is 29.8 Å². The highest BCUT2D eigenvalue weighted by molar-refractivity contribution is 5.82. The van der Waals surface area contributed by atoms with Gasteiger partial charge in [0.25, 0.3) is 6.47 Å². The molecule has 3 nitrogen and oxygen atoms in total. The molecule has 0 aliphatic rings. The number of benzene rings is 1. The number of carbonyl (C=O) groups is 1. The molecular weight excluding hydrogens is 166 g/mol. The van der Waals surface area contributed by atoms with Gasteiger partial charge in [-0.05, 0) is 18.6 Å². The molecule has 0 radical (unpaired) electrons. The third-order valence-corrected chi connectivity index (χ3v) is 1.61. The Morgan fingerprint density at radius 3 is 2.77 bits per heavy atom. The average Bonchev–Trinajstić information content (AvgIpc) is 2.09. The van der Waals surface area contributed by atoms with E-state index in [1.165, 1.54) is 0 Å². The number of carbonyl (C=O) groups excluding carboxylic acids is 1. The maximum atomic E-state index is 9.99. The maximum absolute atomic E-state index is 9.99. The number of nitrogens with zero attached hydrogens (tertiary/aromatic N) is 1. The fourth-order valence-electron chi connectivity index (χ4n) is 0.954. The first-order valence-corrected chi connectivity index (χ1v) is 3.95. The van der Waals surface area contributed by atoms with Gasteiger partial charge in [-0.25, -0.2) is 4.99 Å². The second-order valence-electron chi connectivity index (χ2n) is 2.63. The monoisotopic (exact) mass is 177 g/mol. The molecule has 0 aliphatic heterocycles. The Labute approximate surface area is 77.1 Å². The van der Waals surface area contributed by atoms with Gasteiger partial charge in [-0.3, -0.25) is 4.79 Å². The normalized spacial score (nSPS) is 11.1. The Morgan fingerprint density at radius 1 is 1.46 bits per heavy atom. The van der Waals surface area contributed by atoms with E-state index in [0.29, 0.717) is 12.4 Å². The minimum Gasteiger partial charge on any atom is -0.414 e. The van der Waals surface area contributed by atoms with Crippen molar-refractivity contribution in [3.63, 3.8) is 0 Å². The fraction of sp³-hybridized carbons (Fsp3) is 0.200. The predicted octanol–water partition coefficient (Wildman–Crippen LogP) is 2.22. The summed E-state index contributed by atoms with van der Waals surface area (Å²) in [6, 6.07) is 7.64.